The van der Waals surface area contributed by atoms with Crippen molar-refractivity contribution in [1.29, 1.82) is 5.26 Å². The number of thiophene rings is 2. The molecule has 0 radical (unpaired) electrons. The molecule has 0 amide bonds. The van der Waals surface area contributed by atoms with Crippen molar-refractivity contribution < 1.29 is 0 Å². The lowest BCUT2D eigenvalue weighted by Gasteiger charge is -2.14. The minimum atomic E-state index is 0.670. The van der Waals surface area contributed by atoms with Gasteiger partial charge in [0.25, 0.3) is 0 Å². The maximum Gasteiger partial charge on any atom is 0.0998 e. The molecule has 2 heterocycles. The van der Waals surface area contributed by atoms with E-state index in [2.05, 4.69) is 133 Å². The smallest absolute Gasteiger partial charge is 0.0998 e. The van der Waals surface area contributed by atoms with Crippen LogP contribution in [0.15, 0.2) is 152 Å². The molecule has 1 nitrogen and oxygen atoms in total. The second-order valence-electron chi connectivity index (χ2n) is 11.7. The molecular weight excluding hydrogens is 595 g/mol. The van der Waals surface area contributed by atoms with Gasteiger partial charge in [-0.2, -0.15) is 5.26 Å². The quantitative estimate of drug-likeness (QED) is 0.192. The molecule has 0 atom stereocenters. The zero-order valence-electron chi connectivity index (χ0n) is 24.7. The number of nitrogens with zero attached hydrogens (tertiary/aromatic N) is 1. The van der Waals surface area contributed by atoms with Crippen LogP contribution >= 0.6 is 22.7 Å². The van der Waals surface area contributed by atoms with Gasteiger partial charge in [0.2, 0.25) is 0 Å². The highest BCUT2D eigenvalue weighted by Crippen LogP contribution is 2.41. The van der Waals surface area contributed by atoms with Crippen molar-refractivity contribution in [3.8, 4) is 50.6 Å². The van der Waals surface area contributed by atoms with Gasteiger partial charge in [-0.25, -0.2) is 0 Å². The fraction of sp³-hybridized carbons (Fsp3) is 0. The summed E-state index contributed by atoms with van der Waals surface area (Å²) in [6.07, 6.45) is 0. The predicted molar refractivity (Wildman–Crippen MR) is 199 cm³/mol. The Bertz CT molecular complexity index is 2650. The highest BCUT2D eigenvalue weighted by molar-refractivity contribution is 7.26. The molecule has 214 valence electrons. The molecule has 0 aliphatic carbocycles. The standard InChI is InChI=1S/C43H25NS2/c44-26-34-20-28(27-8-2-1-3-9-27)14-17-35(34)33-22-31(29-16-19-42-39(24-29)37-11-5-7-13-41(37)45-42)21-32(23-33)30-15-18-38-36-10-4-6-12-40(36)46-43(38)25-30/h1-25H. The van der Waals surface area contributed by atoms with Gasteiger partial charge in [-0.1, -0.05) is 97.1 Å². The second-order valence-corrected chi connectivity index (χ2v) is 13.8. The Morgan fingerprint density at radius 1 is 0.348 bits per heavy atom. The Labute approximate surface area is 274 Å². The molecule has 3 heteroatoms. The highest BCUT2D eigenvalue weighted by Gasteiger charge is 2.14. The van der Waals surface area contributed by atoms with Crippen LogP contribution in [0.4, 0.5) is 0 Å². The summed E-state index contributed by atoms with van der Waals surface area (Å²) in [4.78, 5) is 0. The van der Waals surface area contributed by atoms with Crippen molar-refractivity contribution in [2.45, 2.75) is 0 Å². The minimum absolute atomic E-state index is 0.670. The van der Waals surface area contributed by atoms with Crippen LogP contribution < -0.4 is 0 Å². The first-order valence-corrected chi connectivity index (χ1v) is 16.9. The monoisotopic (exact) mass is 619 g/mol. The molecule has 9 aromatic rings. The van der Waals surface area contributed by atoms with E-state index in [4.69, 9.17) is 0 Å². The molecule has 46 heavy (non-hydrogen) atoms. The fourth-order valence-electron chi connectivity index (χ4n) is 6.63. The highest BCUT2D eigenvalue weighted by atomic mass is 32.1. The summed E-state index contributed by atoms with van der Waals surface area (Å²) in [5.41, 5.74) is 9.41. The number of rotatable bonds is 4. The topological polar surface area (TPSA) is 23.8 Å². The number of benzene rings is 7. The van der Waals surface area contributed by atoms with Crippen LogP contribution in [0.25, 0.3) is 84.9 Å². The van der Waals surface area contributed by atoms with Crippen LogP contribution in [0.3, 0.4) is 0 Å². The number of hydrogen-bond acceptors (Lipinski definition) is 3. The summed E-state index contributed by atoms with van der Waals surface area (Å²) in [5, 5.41) is 15.5. The largest absolute Gasteiger partial charge is 0.192 e. The second kappa shape index (κ2) is 10.8. The van der Waals surface area contributed by atoms with Gasteiger partial charge in [0.1, 0.15) is 0 Å². The summed E-state index contributed by atoms with van der Waals surface area (Å²) in [7, 11) is 0. The SMILES string of the molecule is N#Cc1cc(-c2ccccc2)ccc1-c1cc(-c2ccc3c(c2)sc2ccccc23)cc(-c2ccc3sc4ccccc4c3c2)c1. The van der Waals surface area contributed by atoms with Crippen molar-refractivity contribution in [1.82, 2.24) is 0 Å². The molecule has 0 unspecified atom stereocenters. The zero-order chi connectivity index (χ0) is 30.6. The van der Waals surface area contributed by atoms with Crippen LogP contribution in [-0.2, 0) is 0 Å². The number of fused-ring (bicyclic) bond motifs is 6. The lowest BCUT2D eigenvalue weighted by molar-refractivity contribution is 1.47. The van der Waals surface area contributed by atoms with Gasteiger partial charge in [-0.3, -0.25) is 0 Å². The van der Waals surface area contributed by atoms with Gasteiger partial charge >= 0.3 is 0 Å². The normalized spacial score (nSPS) is 11.5. The van der Waals surface area contributed by atoms with Gasteiger partial charge < -0.3 is 0 Å². The van der Waals surface area contributed by atoms with Crippen molar-refractivity contribution in [3.63, 3.8) is 0 Å². The Hall–Kier alpha value is -5.53. The van der Waals surface area contributed by atoms with E-state index >= 15 is 0 Å². The Balaban J connectivity index is 1.25. The first-order chi connectivity index (χ1) is 22.7. The van der Waals surface area contributed by atoms with Crippen molar-refractivity contribution in [3.05, 3.63) is 157 Å². The summed E-state index contributed by atoms with van der Waals surface area (Å²) in [6.45, 7) is 0. The van der Waals surface area contributed by atoms with Crippen LogP contribution in [0.1, 0.15) is 5.56 Å². The van der Waals surface area contributed by atoms with E-state index in [0.717, 1.165) is 33.4 Å². The Morgan fingerprint density at radius 3 is 1.65 bits per heavy atom. The zero-order valence-corrected chi connectivity index (χ0v) is 26.3. The van der Waals surface area contributed by atoms with Crippen molar-refractivity contribution in [2.24, 2.45) is 0 Å². The van der Waals surface area contributed by atoms with E-state index in [-0.39, 0.29) is 0 Å². The molecule has 0 aliphatic rings. The van der Waals surface area contributed by atoms with Crippen LogP contribution in [-0.4, -0.2) is 0 Å². The van der Waals surface area contributed by atoms with Gasteiger partial charge in [0.15, 0.2) is 0 Å². The van der Waals surface area contributed by atoms with E-state index < -0.39 is 0 Å². The molecule has 7 aromatic carbocycles. The summed E-state index contributed by atoms with van der Waals surface area (Å²) >= 11 is 3.68. The Morgan fingerprint density at radius 2 is 0.891 bits per heavy atom. The first kappa shape index (κ1) is 26.8. The lowest BCUT2D eigenvalue weighted by Crippen LogP contribution is -1.90. The average molecular weight is 620 g/mol. The molecule has 0 N–H and O–H groups in total. The predicted octanol–water partition coefficient (Wildman–Crippen LogP) is 13.0. The molecular formula is C43H25NS2. The van der Waals surface area contributed by atoms with Crippen molar-refractivity contribution >= 4 is 63.0 Å². The fourth-order valence-corrected chi connectivity index (χ4v) is 8.86. The minimum Gasteiger partial charge on any atom is -0.192 e. The van der Waals surface area contributed by atoms with Crippen molar-refractivity contribution in [2.75, 3.05) is 0 Å². The summed E-state index contributed by atoms with van der Waals surface area (Å²) in [6, 6.07) is 56.7. The molecule has 0 saturated heterocycles. The van der Waals surface area contributed by atoms with E-state index in [9.17, 15) is 5.26 Å². The number of nitriles is 1. The average Bonchev–Trinajstić information content (AvgIpc) is 3.69. The molecule has 9 rings (SSSR count). The van der Waals surface area contributed by atoms with E-state index in [1.165, 1.54) is 51.5 Å². The van der Waals surface area contributed by atoms with Gasteiger partial charge in [0.05, 0.1) is 11.6 Å². The van der Waals surface area contributed by atoms with E-state index in [0.29, 0.717) is 5.56 Å². The molecule has 0 saturated carbocycles. The Kier molecular flexibility index (Phi) is 6.31. The third-order valence-corrected chi connectivity index (χ3v) is 11.2. The third kappa shape index (κ3) is 4.51. The molecule has 0 spiro atoms. The maximum atomic E-state index is 10.4. The summed E-state index contributed by atoms with van der Waals surface area (Å²) < 4.78 is 5.18. The molecule has 0 bridgehead atoms. The van der Waals surface area contributed by atoms with Crippen LogP contribution in [0.5, 0.6) is 0 Å². The van der Waals surface area contributed by atoms with E-state index in [1.54, 1.807) is 0 Å². The van der Waals surface area contributed by atoms with Gasteiger partial charge in [-0.05, 0) is 99.1 Å². The van der Waals surface area contributed by atoms with Crippen LogP contribution in [0, 0.1) is 11.3 Å². The lowest BCUT2D eigenvalue weighted by atomic mass is 9.90. The van der Waals surface area contributed by atoms with Gasteiger partial charge in [0, 0.05) is 40.3 Å². The third-order valence-electron chi connectivity index (χ3n) is 8.91. The molecule has 2 aromatic heterocycles. The van der Waals surface area contributed by atoms with Gasteiger partial charge in [-0.15, -0.1) is 22.7 Å². The first-order valence-electron chi connectivity index (χ1n) is 15.3. The molecule has 0 fully saturated rings. The van der Waals surface area contributed by atoms with E-state index in [1.807, 2.05) is 46.9 Å². The molecule has 0 aliphatic heterocycles. The maximum absolute atomic E-state index is 10.4. The summed E-state index contributed by atoms with van der Waals surface area (Å²) in [5.74, 6) is 0. The number of hydrogen-bond donors (Lipinski definition) is 0. The van der Waals surface area contributed by atoms with Crippen LogP contribution in [0.2, 0.25) is 0 Å².